The number of benzene rings is 2. The van der Waals surface area contributed by atoms with E-state index < -0.39 is 42.3 Å². The van der Waals surface area contributed by atoms with Gasteiger partial charge in [-0.2, -0.15) is 0 Å². The zero-order chi connectivity index (χ0) is 24.2. The van der Waals surface area contributed by atoms with E-state index in [4.69, 9.17) is 9.47 Å². The van der Waals surface area contributed by atoms with E-state index in [9.17, 15) is 24.3 Å². The number of hydrogen-bond donors (Lipinski definition) is 2. The summed E-state index contributed by atoms with van der Waals surface area (Å²) in [4.78, 5) is 47.2. The third-order valence-corrected chi connectivity index (χ3v) is 4.89. The van der Waals surface area contributed by atoms with Crippen molar-refractivity contribution in [2.24, 2.45) is 0 Å². The second kappa shape index (κ2) is 9.72. The molecule has 0 spiro atoms. The second-order valence-electron chi connectivity index (χ2n) is 8.50. The molecule has 0 bridgehead atoms. The number of ether oxygens (including phenoxy) is 3. The van der Waals surface area contributed by atoms with Gasteiger partial charge in [0, 0.05) is 5.92 Å². The molecule has 1 atom stereocenters. The average Bonchev–Trinajstić information content (AvgIpc) is 3.04. The van der Waals surface area contributed by atoms with Crippen molar-refractivity contribution in [3.05, 3.63) is 59.7 Å². The lowest BCUT2D eigenvalue weighted by atomic mass is 9.98. The van der Waals surface area contributed by atoms with Crippen LogP contribution in [0.5, 0.6) is 0 Å². The van der Waals surface area contributed by atoms with Gasteiger partial charge in [-0.1, -0.05) is 48.5 Å². The molecule has 1 aliphatic carbocycles. The number of rotatable bonds is 6. The Bertz CT molecular complexity index is 1030. The van der Waals surface area contributed by atoms with E-state index in [1.165, 1.54) is 0 Å². The quantitative estimate of drug-likeness (QED) is 0.497. The molecule has 9 nitrogen and oxygen atoms in total. The number of nitrogens with one attached hydrogen (secondary N) is 1. The Morgan fingerprint density at radius 1 is 0.970 bits per heavy atom. The molecule has 2 aromatic carbocycles. The minimum absolute atomic E-state index is 0.0193. The van der Waals surface area contributed by atoms with E-state index in [1.807, 2.05) is 48.5 Å². The Hall–Kier alpha value is -3.88. The molecule has 1 amide bonds. The molecule has 2 N–H and O–H groups in total. The summed E-state index contributed by atoms with van der Waals surface area (Å²) in [6.07, 6.45) is -3.04. The minimum atomic E-state index is -1.64. The largest absolute Gasteiger partial charge is 0.516 e. The summed E-state index contributed by atoms with van der Waals surface area (Å²) in [5, 5.41) is 11.5. The fourth-order valence-electron chi connectivity index (χ4n) is 3.55. The highest BCUT2D eigenvalue weighted by molar-refractivity contribution is 5.88. The number of esters is 1. The van der Waals surface area contributed by atoms with Crippen molar-refractivity contribution < 1.29 is 38.5 Å². The first-order valence-corrected chi connectivity index (χ1v) is 10.3. The molecular formula is C24H25NO8. The molecular weight excluding hydrogens is 430 g/mol. The molecule has 0 saturated carbocycles. The maximum absolute atomic E-state index is 12.3. The summed E-state index contributed by atoms with van der Waals surface area (Å²) >= 11 is 0. The fourth-order valence-corrected chi connectivity index (χ4v) is 3.55. The molecule has 3 rings (SSSR count). The highest BCUT2D eigenvalue weighted by Crippen LogP contribution is 2.44. The standard InChI is InChI=1S/C24H25NO8/c1-24(2,3)33-23(30)32-20(26)12-19(21(27)28)25-22(29)31-13-18-16-10-6-4-8-14(16)15-9-5-7-11-17(15)18/h4-11,18-19H,12-13H2,1-3H3,(H,25,29)(H,27,28)/t19-/m1/s1. The Balaban J connectivity index is 1.58. The lowest BCUT2D eigenvalue weighted by molar-refractivity contribution is -0.148. The molecule has 0 heterocycles. The van der Waals surface area contributed by atoms with Crippen LogP contribution in [-0.2, 0) is 23.8 Å². The van der Waals surface area contributed by atoms with Gasteiger partial charge in [0.05, 0.1) is 6.42 Å². The molecule has 0 aliphatic heterocycles. The Morgan fingerprint density at radius 2 is 1.52 bits per heavy atom. The maximum atomic E-state index is 12.3. The van der Waals surface area contributed by atoms with Crippen LogP contribution in [0.15, 0.2) is 48.5 Å². The number of amides is 1. The minimum Gasteiger partial charge on any atom is -0.480 e. The van der Waals surface area contributed by atoms with Crippen LogP contribution in [0.4, 0.5) is 9.59 Å². The van der Waals surface area contributed by atoms with Crippen LogP contribution < -0.4 is 5.32 Å². The van der Waals surface area contributed by atoms with Crippen LogP contribution in [0, 0.1) is 0 Å². The van der Waals surface area contributed by atoms with Gasteiger partial charge < -0.3 is 24.6 Å². The van der Waals surface area contributed by atoms with Crippen molar-refractivity contribution >= 4 is 24.2 Å². The van der Waals surface area contributed by atoms with E-state index in [1.54, 1.807) is 20.8 Å². The van der Waals surface area contributed by atoms with Crippen molar-refractivity contribution in [1.29, 1.82) is 0 Å². The summed E-state index contributed by atoms with van der Waals surface area (Å²) in [6.45, 7) is 4.72. The van der Waals surface area contributed by atoms with Gasteiger partial charge in [0.2, 0.25) is 0 Å². The molecule has 0 unspecified atom stereocenters. The van der Waals surface area contributed by atoms with Crippen LogP contribution in [0.1, 0.15) is 44.2 Å². The SMILES string of the molecule is CC(C)(C)OC(=O)OC(=O)C[C@@H](NC(=O)OCC1c2ccccc2-c2ccccc21)C(=O)O. The van der Waals surface area contributed by atoms with Gasteiger partial charge in [0.15, 0.2) is 0 Å². The second-order valence-corrected chi connectivity index (χ2v) is 8.50. The molecule has 0 fully saturated rings. The summed E-state index contributed by atoms with van der Waals surface area (Å²) in [5.41, 5.74) is 3.22. The van der Waals surface area contributed by atoms with Crippen LogP contribution in [0.25, 0.3) is 11.1 Å². The molecule has 33 heavy (non-hydrogen) atoms. The monoisotopic (exact) mass is 455 g/mol. The van der Waals surface area contributed by atoms with Crippen molar-refractivity contribution in [3.63, 3.8) is 0 Å². The zero-order valence-electron chi connectivity index (χ0n) is 18.5. The average molecular weight is 455 g/mol. The Morgan fingerprint density at radius 3 is 2.03 bits per heavy atom. The third-order valence-electron chi connectivity index (χ3n) is 4.89. The van der Waals surface area contributed by atoms with Crippen molar-refractivity contribution in [2.75, 3.05) is 6.61 Å². The summed E-state index contributed by atoms with van der Waals surface area (Å²) in [7, 11) is 0. The van der Waals surface area contributed by atoms with Gasteiger partial charge in [0.25, 0.3) is 0 Å². The van der Waals surface area contributed by atoms with E-state index in [0.717, 1.165) is 22.3 Å². The molecule has 0 radical (unpaired) electrons. The van der Waals surface area contributed by atoms with Crippen LogP contribution in [-0.4, -0.2) is 47.5 Å². The normalized spacial score (nSPS) is 13.3. The lowest BCUT2D eigenvalue weighted by Crippen LogP contribution is -2.43. The highest BCUT2D eigenvalue weighted by atomic mass is 16.7. The molecule has 1 aliphatic rings. The number of carbonyl (C=O) groups is 4. The molecule has 174 valence electrons. The summed E-state index contributed by atoms with van der Waals surface area (Å²) in [6, 6.07) is 13.9. The third kappa shape index (κ3) is 6.09. The van der Waals surface area contributed by atoms with Crippen LogP contribution >= 0.6 is 0 Å². The summed E-state index contributed by atoms with van der Waals surface area (Å²) in [5.74, 6) is -2.84. The van der Waals surface area contributed by atoms with E-state index in [-0.39, 0.29) is 12.5 Å². The topological polar surface area (TPSA) is 128 Å². The Labute approximate surface area is 190 Å². The van der Waals surface area contributed by atoms with Gasteiger partial charge in [0.1, 0.15) is 18.2 Å². The van der Waals surface area contributed by atoms with Crippen LogP contribution in [0.2, 0.25) is 0 Å². The predicted octanol–water partition coefficient (Wildman–Crippen LogP) is 3.85. The van der Waals surface area contributed by atoms with Gasteiger partial charge in [-0.15, -0.1) is 0 Å². The number of aliphatic carboxylic acids is 1. The van der Waals surface area contributed by atoms with Crippen molar-refractivity contribution in [3.8, 4) is 11.1 Å². The van der Waals surface area contributed by atoms with E-state index in [2.05, 4.69) is 10.1 Å². The van der Waals surface area contributed by atoms with Gasteiger partial charge >= 0.3 is 24.2 Å². The number of alkyl carbamates (subject to hydrolysis) is 1. The van der Waals surface area contributed by atoms with Gasteiger partial charge in [-0.05, 0) is 43.0 Å². The number of fused-ring (bicyclic) bond motifs is 3. The number of carboxylic acids is 1. The molecule has 0 aromatic heterocycles. The maximum Gasteiger partial charge on any atom is 0.516 e. The molecule has 0 saturated heterocycles. The number of carbonyl (C=O) groups excluding carboxylic acids is 3. The summed E-state index contributed by atoms with van der Waals surface area (Å²) < 4.78 is 14.6. The van der Waals surface area contributed by atoms with Crippen molar-refractivity contribution in [2.45, 2.75) is 44.8 Å². The predicted molar refractivity (Wildman–Crippen MR) is 117 cm³/mol. The van der Waals surface area contributed by atoms with Crippen molar-refractivity contribution in [1.82, 2.24) is 5.32 Å². The van der Waals surface area contributed by atoms with E-state index in [0.29, 0.717) is 0 Å². The first-order valence-electron chi connectivity index (χ1n) is 10.3. The smallest absolute Gasteiger partial charge is 0.480 e. The molecule has 2 aromatic rings. The fraction of sp³-hybridized carbons (Fsp3) is 0.333. The van der Waals surface area contributed by atoms with Gasteiger partial charge in [-0.3, -0.25) is 4.79 Å². The van der Waals surface area contributed by atoms with Gasteiger partial charge in [-0.25, -0.2) is 14.4 Å². The highest BCUT2D eigenvalue weighted by Gasteiger charge is 2.31. The first kappa shape index (κ1) is 23.8. The van der Waals surface area contributed by atoms with E-state index >= 15 is 0 Å². The Kier molecular flexibility index (Phi) is 7.01. The van der Waals surface area contributed by atoms with Crippen LogP contribution in [0.3, 0.4) is 0 Å². The number of carboxylic acid groups (broad SMARTS) is 1. The molecule has 9 heteroatoms. The lowest BCUT2D eigenvalue weighted by Gasteiger charge is -2.19. The number of hydrogen-bond acceptors (Lipinski definition) is 7. The zero-order valence-corrected chi connectivity index (χ0v) is 18.5. The first-order chi connectivity index (χ1) is 15.5.